The van der Waals surface area contributed by atoms with E-state index in [1.807, 2.05) is 0 Å². The van der Waals surface area contributed by atoms with Crippen molar-refractivity contribution >= 4 is 41.9 Å². The van der Waals surface area contributed by atoms with Crippen molar-refractivity contribution in [3.63, 3.8) is 0 Å². The van der Waals surface area contributed by atoms with Crippen LogP contribution >= 0.6 is 0 Å². The third-order valence-corrected chi connectivity index (χ3v) is 9.44. The van der Waals surface area contributed by atoms with Crippen LogP contribution in [0, 0.1) is 0 Å². The zero-order valence-electron chi connectivity index (χ0n) is 30.4. The molecule has 16 unspecified atom stereocenters. The minimum atomic E-state index is -3.30. The van der Waals surface area contributed by atoms with Gasteiger partial charge in [-0.2, -0.15) is 0 Å². The van der Waals surface area contributed by atoms with Crippen LogP contribution in [-0.2, 0) is 57.2 Å². The van der Waals surface area contributed by atoms with Gasteiger partial charge in [0.1, 0.15) is 42.7 Å². The first-order chi connectivity index (χ1) is 26.4. The Morgan fingerprint density at radius 1 is 0.649 bits per heavy atom. The first-order valence-electron chi connectivity index (χ1n) is 17.1. The number of aliphatic hydroxyl groups is 8. The summed E-state index contributed by atoms with van der Waals surface area (Å²) in [7, 11) is 0. The van der Waals surface area contributed by atoms with E-state index in [1.54, 1.807) is 0 Å². The van der Waals surface area contributed by atoms with Gasteiger partial charge in [-0.05, 0) is 0 Å². The number of hydrogen-bond acceptors (Lipinski definition) is 20. The first kappa shape index (κ1) is 47.3. The summed E-state index contributed by atoms with van der Waals surface area (Å²) in [5.41, 5.74) is 0. The van der Waals surface area contributed by atoms with Gasteiger partial charge >= 0.3 is 17.9 Å². The Morgan fingerprint density at radius 3 is 1.39 bits per heavy atom. The molecule has 0 radical (unpaired) electrons. The average Bonchev–Trinajstić information content (AvgIpc) is 3.11. The molecule has 0 saturated carbocycles. The molecule has 324 valence electrons. The van der Waals surface area contributed by atoms with E-state index in [9.17, 15) is 89.7 Å². The maximum atomic E-state index is 12.9. The summed E-state index contributed by atoms with van der Waals surface area (Å²) in [4.78, 5) is 84.9. The Kier molecular flexibility index (Phi) is 15.5. The standard InChI is InChI=1S/C31H47N3O23/c1-10(38)32-19-14(42)5-30(27(48)49,53-16(19)7-35)54-18(9-37)23(45)25-21(34-12(3)40)15(43)6-31(57-25,28(50)51)55-17(8-36)22(44)24-20(33-11(2)39)13(41)4-29(52,56-24)26(46)47/h7,13-25,36-37,41-45,52H,4-6,8-9H2,1-3H3,(H,32,38)(H,33,39)(H,34,40)(H,46,47)(H,48,49)(H,50,51). The quantitative estimate of drug-likeness (QED) is 0.0605. The third kappa shape index (κ3) is 10.4. The number of aliphatic hydroxyl groups excluding tert-OH is 7. The van der Waals surface area contributed by atoms with Crippen LogP contribution in [0.4, 0.5) is 0 Å². The number of carboxylic acid groups (broad SMARTS) is 3. The molecule has 0 aromatic rings. The highest BCUT2D eigenvalue weighted by Crippen LogP contribution is 2.39. The van der Waals surface area contributed by atoms with Gasteiger partial charge in [-0.1, -0.05) is 0 Å². The second-order valence-corrected chi connectivity index (χ2v) is 13.7. The molecule has 16 atom stereocenters. The summed E-state index contributed by atoms with van der Waals surface area (Å²) in [6.07, 6.45) is -25.2. The number of aliphatic carboxylic acids is 3. The fourth-order valence-electron chi connectivity index (χ4n) is 6.82. The van der Waals surface area contributed by atoms with Crippen LogP contribution in [0.25, 0.3) is 0 Å². The van der Waals surface area contributed by atoms with E-state index in [4.69, 9.17) is 23.7 Å². The predicted octanol–water partition coefficient (Wildman–Crippen LogP) is -8.04. The van der Waals surface area contributed by atoms with Crippen molar-refractivity contribution in [1.82, 2.24) is 16.0 Å². The number of carbonyl (C=O) groups excluding carboxylic acids is 4. The van der Waals surface area contributed by atoms with E-state index < -0.39 is 165 Å². The summed E-state index contributed by atoms with van der Waals surface area (Å²) < 4.78 is 27.0. The first-order valence-corrected chi connectivity index (χ1v) is 17.1. The van der Waals surface area contributed by atoms with Crippen LogP contribution in [0.5, 0.6) is 0 Å². The van der Waals surface area contributed by atoms with Gasteiger partial charge in [0.2, 0.25) is 17.7 Å². The molecule has 3 heterocycles. The van der Waals surface area contributed by atoms with E-state index in [-0.39, 0.29) is 6.29 Å². The smallest absolute Gasteiger partial charge is 0.364 e. The Morgan fingerprint density at radius 2 is 1.02 bits per heavy atom. The Balaban J connectivity index is 2.05. The second kappa shape index (κ2) is 18.7. The lowest BCUT2D eigenvalue weighted by atomic mass is 9.87. The number of nitrogens with one attached hydrogen (secondary N) is 3. The van der Waals surface area contributed by atoms with Crippen LogP contribution in [-0.4, -0.2) is 208 Å². The molecule has 0 aliphatic carbocycles. The maximum absolute atomic E-state index is 12.9. The monoisotopic (exact) mass is 829 g/mol. The molecule has 3 rings (SSSR count). The molecule has 3 fully saturated rings. The summed E-state index contributed by atoms with van der Waals surface area (Å²) in [5.74, 6) is -18.4. The van der Waals surface area contributed by atoms with E-state index in [0.29, 0.717) is 0 Å². The molecule has 14 N–H and O–H groups in total. The largest absolute Gasteiger partial charge is 0.477 e. The van der Waals surface area contributed by atoms with Gasteiger partial charge in [0.05, 0.1) is 49.7 Å². The Labute approximate surface area is 321 Å². The van der Waals surface area contributed by atoms with Gasteiger partial charge in [-0.15, -0.1) is 0 Å². The molecule has 3 amide bonds. The molecule has 3 aliphatic heterocycles. The molecule has 0 spiro atoms. The van der Waals surface area contributed by atoms with Gasteiger partial charge in [0.15, 0.2) is 6.29 Å². The normalized spacial score (nSPS) is 37.7. The zero-order valence-corrected chi connectivity index (χ0v) is 30.4. The van der Waals surface area contributed by atoms with Crippen molar-refractivity contribution in [2.45, 2.75) is 137 Å². The fraction of sp³-hybridized carbons (Fsp3) is 0.774. The van der Waals surface area contributed by atoms with Crippen LogP contribution in [0.15, 0.2) is 0 Å². The maximum Gasteiger partial charge on any atom is 0.364 e. The molecule has 0 aromatic heterocycles. The molecule has 0 aromatic carbocycles. The SMILES string of the molecule is CC(=O)NC1C(O)CC(OC(CO)C(O)C2OC(OC(CO)C(O)C3OC(O)(C(=O)O)CC(O)C3NC(C)=O)(C(=O)O)CC(O)C2NC(C)=O)(C(=O)O)OC1C=O. The highest BCUT2D eigenvalue weighted by Gasteiger charge is 2.61. The minimum Gasteiger partial charge on any atom is -0.477 e. The predicted molar refractivity (Wildman–Crippen MR) is 175 cm³/mol. The number of aldehydes is 1. The van der Waals surface area contributed by atoms with Gasteiger partial charge in [0, 0.05) is 40.0 Å². The second-order valence-electron chi connectivity index (χ2n) is 13.7. The lowest BCUT2D eigenvalue weighted by molar-refractivity contribution is -0.351. The lowest BCUT2D eigenvalue weighted by Crippen LogP contribution is -2.71. The zero-order chi connectivity index (χ0) is 43.4. The molecular weight excluding hydrogens is 782 g/mol. The molecule has 3 saturated heterocycles. The number of carbonyl (C=O) groups is 7. The van der Waals surface area contributed by atoms with Crippen molar-refractivity contribution in [2.75, 3.05) is 13.2 Å². The molecule has 26 heteroatoms. The Hall–Kier alpha value is -4.03. The van der Waals surface area contributed by atoms with Crippen LogP contribution in [0.3, 0.4) is 0 Å². The van der Waals surface area contributed by atoms with Gasteiger partial charge < -0.3 is 101 Å². The van der Waals surface area contributed by atoms with E-state index >= 15 is 0 Å². The number of carboxylic acids is 3. The summed E-state index contributed by atoms with van der Waals surface area (Å²) in [6.45, 7) is 0.124. The number of hydrogen-bond donors (Lipinski definition) is 14. The molecule has 26 nitrogen and oxygen atoms in total. The molecule has 3 aliphatic rings. The highest BCUT2D eigenvalue weighted by atomic mass is 16.8. The minimum absolute atomic E-state index is 0.0199. The number of ether oxygens (including phenoxy) is 5. The van der Waals surface area contributed by atoms with Crippen molar-refractivity contribution in [3.8, 4) is 0 Å². The van der Waals surface area contributed by atoms with Crippen molar-refractivity contribution in [2.24, 2.45) is 0 Å². The van der Waals surface area contributed by atoms with Crippen LogP contribution < -0.4 is 16.0 Å². The van der Waals surface area contributed by atoms with E-state index in [1.165, 1.54) is 0 Å². The number of amides is 3. The van der Waals surface area contributed by atoms with E-state index in [2.05, 4.69) is 16.0 Å². The summed E-state index contributed by atoms with van der Waals surface area (Å²) >= 11 is 0. The third-order valence-electron chi connectivity index (χ3n) is 9.44. The molecule has 57 heavy (non-hydrogen) atoms. The van der Waals surface area contributed by atoms with Crippen molar-refractivity contribution < 1.29 is 113 Å². The van der Waals surface area contributed by atoms with E-state index in [0.717, 1.165) is 20.8 Å². The Bertz CT molecular complexity index is 1520. The summed E-state index contributed by atoms with van der Waals surface area (Å²) in [6, 6.07) is -5.07. The fourth-order valence-corrected chi connectivity index (χ4v) is 6.82. The van der Waals surface area contributed by atoms with Gasteiger partial charge in [-0.3, -0.25) is 14.4 Å². The molecule has 0 bridgehead atoms. The molecular formula is C31H47N3O23. The topological polar surface area (TPSA) is 424 Å². The van der Waals surface area contributed by atoms with Crippen molar-refractivity contribution in [3.05, 3.63) is 0 Å². The lowest BCUT2D eigenvalue weighted by Gasteiger charge is -2.50. The average molecular weight is 830 g/mol. The van der Waals surface area contributed by atoms with Gasteiger partial charge in [-0.25, -0.2) is 14.4 Å². The van der Waals surface area contributed by atoms with Crippen molar-refractivity contribution in [1.29, 1.82) is 0 Å². The summed E-state index contributed by atoms with van der Waals surface area (Å²) in [5, 5.41) is 123. The number of rotatable bonds is 17. The van der Waals surface area contributed by atoms with Gasteiger partial charge in [0.25, 0.3) is 17.4 Å². The van der Waals surface area contributed by atoms with Crippen LogP contribution in [0.2, 0.25) is 0 Å². The van der Waals surface area contributed by atoms with Crippen LogP contribution in [0.1, 0.15) is 40.0 Å². The highest BCUT2D eigenvalue weighted by molar-refractivity contribution is 5.79.